The van der Waals surface area contributed by atoms with E-state index < -0.39 is 37.5 Å². The maximum absolute atomic E-state index is 12.1. The predicted molar refractivity (Wildman–Crippen MR) is 175 cm³/mol. The monoisotopic (exact) mass is 726 g/mol. The number of anilines is 1. The van der Waals surface area contributed by atoms with Gasteiger partial charge in [0.05, 0.1) is 39.7 Å². The molecule has 0 aliphatic rings. The van der Waals surface area contributed by atoms with Crippen LogP contribution in [0.15, 0.2) is 97.3 Å². The Morgan fingerprint density at radius 2 is 1.19 bits per heavy atom. The number of pyridine rings is 2. The number of aliphatic carboxylic acids is 2. The van der Waals surface area contributed by atoms with Crippen molar-refractivity contribution >= 4 is 66.9 Å². The molecule has 0 saturated heterocycles. The zero-order valence-corrected chi connectivity index (χ0v) is 26.8. The summed E-state index contributed by atoms with van der Waals surface area (Å²) in [7, 11) is 0. The van der Waals surface area contributed by atoms with Crippen LogP contribution in [0.4, 0.5) is 5.69 Å². The molecule has 11 N–H and O–H groups in total. The molecule has 0 saturated carbocycles. The molecular formula is C31H33CoN5O10S+. The van der Waals surface area contributed by atoms with E-state index in [-0.39, 0.29) is 44.2 Å². The molecule has 0 aliphatic carbocycles. The summed E-state index contributed by atoms with van der Waals surface area (Å²) >= 11 is 1.56. The van der Waals surface area contributed by atoms with E-state index in [1.54, 1.807) is 35.9 Å². The van der Waals surface area contributed by atoms with Crippen LogP contribution in [0.25, 0.3) is 42.6 Å². The summed E-state index contributed by atoms with van der Waals surface area (Å²) in [4.78, 5) is 47.6. The Morgan fingerprint density at radius 3 is 1.69 bits per heavy atom. The molecule has 0 spiro atoms. The van der Waals surface area contributed by atoms with Crippen LogP contribution < -0.4 is 15.5 Å². The Labute approximate surface area is 287 Å². The first-order valence-corrected chi connectivity index (χ1v) is 13.6. The molecule has 0 bridgehead atoms. The Morgan fingerprint density at radius 1 is 0.667 bits per heavy atom. The molecule has 256 valence electrons. The fraction of sp³-hybridized carbons (Fsp3) is 0.0968. The third kappa shape index (κ3) is 11.7. The Kier molecular flexibility index (Phi) is 19.8. The molecule has 0 aliphatic heterocycles. The zero-order chi connectivity index (χ0) is 29.5. The maximum Gasteiger partial charge on any atom is 3.00 e. The number of hydrogen-bond acceptors (Lipinski definition) is 10. The van der Waals surface area contributed by atoms with Crippen LogP contribution in [0.1, 0.15) is 0 Å². The second-order valence-corrected chi connectivity index (χ2v) is 10.2. The average molecular weight is 727 g/mol. The van der Waals surface area contributed by atoms with Crippen molar-refractivity contribution in [2.45, 2.75) is 0 Å². The van der Waals surface area contributed by atoms with Crippen LogP contribution >= 0.6 is 11.3 Å². The second-order valence-electron chi connectivity index (χ2n) is 9.22. The quantitative estimate of drug-likeness (QED) is 0.176. The molecule has 6 aromatic rings. The molecule has 3 aromatic heterocycles. The van der Waals surface area contributed by atoms with Crippen LogP contribution in [0.2, 0.25) is 0 Å². The largest absolute Gasteiger partial charge is 3.00 e. The fourth-order valence-electron chi connectivity index (χ4n) is 4.31. The number of benzene rings is 3. The van der Waals surface area contributed by atoms with Crippen molar-refractivity contribution in [3.8, 4) is 10.6 Å². The smallest absolute Gasteiger partial charge is 0.549 e. The SMILES string of the molecule is O.O.O.O.O.O=C([O-])CN(CC(=O)[O-])CC(=O)Nc1ccc(-c2nc3ccccc3s2)cc1.[Co+3].c1cnc2c(c1)ccc1cccnc12. The Bertz CT molecular complexity index is 1810. The van der Waals surface area contributed by atoms with Gasteiger partial charge < -0.3 is 52.5 Å². The summed E-state index contributed by atoms with van der Waals surface area (Å²) in [6.07, 6.45) is 3.60. The molecule has 48 heavy (non-hydrogen) atoms. The van der Waals surface area contributed by atoms with Gasteiger partial charge in [0.1, 0.15) is 5.01 Å². The molecule has 0 unspecified atom stereocenters. The van der Waals surface area contributed by atoms with Crippen molar-refractivity contribution < 1.29 is 68.8 Å². The van der Waals surface area contributed by atoms with Gasteiger partial charge in [-0.25, -0.2) is 4.98 Å². The van der Waals surface area contributed by atoms with Crippen LogP contribution in [0.5, 0.6) is 0 Å². The molecule has 0 radical (unpaired) electrons. The number of hydrogen-bond donors (Lipinski definition) is 1. The summed E-state index contributed by atoms with van der Waals surface area (Å²) in [6, 6.07) is 27.0. The van der Waals surface area contributed by atoms with Gasteiger partial charge >= 0.3 is 16.8 Å². The number of aromatic nitrogens is 3. The molecular weight excluding hydrogens is 693 g/mol. The number of nitrogens with zero attached hydrogens (tertiary/aromatic N) is 4. The molecule has 3 heterocycles. The van der Waals surface area contributed by atoms with Gasteiger partial charge in [-0.15, -0.1) is 11.3 Å². The first-order chi connectivity index (χ1) is 20.4. The van der Waals surface area contributed by atoms with E-state index in [4.69, 9.17) is 0 Å². The van der Waals surface area contributed by atoms with E-state index in [9.17, 15) is 24.6 Å². The van der Waals surface area contributed by atoms with Gasteiger partial charge in [-0.3, -0.25) is 19.7 Å². The molecule has 17 heteroatoms. The summed E-state index contributed by atoms with van der Waals surface area (Å²) in [5.74, 6) is -3.50. The maximum atomic E-state index is 12.1. The van der Waals surface area contributed by atoms with Crippen molar-refractivity contribution in [3.05, 3.63) is 97.3 Å². The normalized spacial score (nSPS) is 9.52. The van der Waals surface area contributed by atoms with Crippen molar-refractivity contribution in [1.82, 2.24) is 19.9 Å². The van der Waals surface area contributed by atoms with E-state index in [1.807, 2.05) is 48.5 Å². The van der Waals surface area contributed by atoms with Crippen molar-refractivity contribution in [3.63, 3.8) is 0 Å². The van der Waals surface area contributed by atoms with E-state index in [0.717, 1.165) is 47.5 Å². The summed E-state index contributed by atoms with van der Waals surface area (Å²) in [6.45, 7) is -1.78. The minimum Gasteiger partial charge on any atom is -0.549 e. The van der Waals surface area contributed by atoms with Gasteiger partial charge in [0.2, 0.25) is 5.91 Å². The molecule has 3 aromatic carbocycles. The number of carboxylic acids is 2. The number of carbonyl (C=O) groups is 3. The van der Waals surface area contributed by atoms with Crippen LogP contribution in [0, 0.1) is 0 Å². The topological polar surface area (TPSA) is 309 Å². The van der Waals surface area contributed by atoms with E-state index in [0.29, 0.717) is 5.69 Å². The number of carbonyl (C=O) groups excluding carboxylic acids is 3. The van der Waals surface area contributed by atoms with Gasteiger partial charge in [-0.1, -0.05) is 36.4 Å². The van der Waals surface area contributed by atoms with Crippen LogP contribution in [0.3, 0.4) is 0 Å². The van der Waals surface area contributed by atoms with E-state index in [1.165, 1.54) is 0 Å². The summed E-state index contributed by atoms with van der Waals surface area (Å²) < 4.78 is 1.08. The predicted octanol–water partition coefficient (Wildman–Crippen LogP) is -1.64. The number of thiazole rings is 1. The molecule has 6 rings (SSSR count). The number of fused-ring (bicyclic) bond motifs is 4. The minimum atomic E-state index is -1.48. The standard InChI is InChI=1S/C19H17N3O5S.C12H8N2.Co.5H2O/c23-16(9-22(10-17(24)25)11-18(26)27)20-13-7-5-12(6-8-13)19-21-14-3-1-2-4-15(14)28-19;1-3-9-5-6-10-4-2-8-14-12(10)11(9)13-7-1;;;;;;/h1-8H,9-11H2,(H,20,23)(H,24,25)(H,26,27);1-8H;;5*1H2/q;;+3;;;;;/p-2. The first-order valence-electron chi connectivity index (χ1n) is 12.8. The van der Waals surface area contributed by atoms with Crippen molar-refractivity contribution in [2.24, 2.45) is 0 Å². The zero-order valence-electron chi connectivity index (χ0n) is 24.9. The van der Waals surface area contributed by atoms with Gasteiger partial charge in [-0.2, -0.15) is 0 Å². The molecule has 0 fully saturated rings. The molecule has 1 amide bonds. The van der Waals surface area contributed by atoms with Gasteiger partial charge in [-0.05, 0) is 48.5 Å². The summed E-state index contributed by atoms with van der Waals surface area (Å²) in [5.41, 5.74) is 4.27. The fourth-order valence-corrected chi connectivity index (χ4v) is 5.28. The third-order valence-electron chi connectivity index (χ3n) is 6.13. The number of para-hydroxylation sites is 1. The van der Waals surface area contributed by atoms with Crippen LogP contribution in [-0.2, 0) is 31.2 Å². The van der Waals surface area contributed by atoms with Gasteiger partial charge in [0, 0.05) is 47.5 Å². The van der Waals surface area contributed by atoms with Crippen molar-refractivity contribution in [1.29, 1.82) is 0 Å². The van der Waals surface area contributed by atoms with E-state index in [2.05, 4.69) is 44.5 Å². The average Bonchev–Trinajstić information content (AvgIpc) is 3.41. The first kappa shape index (κ1) is 45.2. The number of carboxylic acid groups (broad SMARTS) is 2. The molecule has 15 nitrogen and oxygen atoms in total. The van der Waals surface area contributed by atoms with Crippen LogP contribution in [-0.4, -0.2) is 84.7 Å². The van der Waals surface area contributed by atoms with Crippen molar-refractivity contribution in [2.75, 3.05) is 25.0 Å². The number of amides is 1. The summed E-state index contributed by atoms with van der Waals surface area (Å²) in [5, 5.41) is 27.1. The minimum absolute atomic E-state index is 0. The second kappa shape index (κ2) is 21.0. The van der Waals surface area contributed by atoms with E-state index >= 15 is 0 Å². The Balaban J connectivity index is 0. The third-order valence-corrected chi connectivity index (χ3v) is 7.21. The molecule has 0 atom stereocenters. The Hall–Kier alpha value is -4.95. The number of nitrogens with one attached hydrogen (secondary N) is 1. The number of rotatable bonds is 8. The van der Waals surface area contributed by atoms with Gasteiger partial charge in [0.15, 0.2) is 0 Å². The van der Waals surface area contributed by atoms with Gasteiger partial charge in [0.25, 0.3) is 0 Å².